The molecule has 2 aromatic heterocycles. The molecule has 0 atom stereocenters. The molecule has 0 saturated heterocycles. The third-order valence-electron chi connectivity index (χ3n) is 3.64. The first-order chi connectivity index (χ1) is 12.2. The van der Waals surface area contributed by atoms with Crippen molar-refractivity contribution in [3.05, 3.63) is 60.0 Å². The first kappa shape index (κ1) is 16.6. The zero-order chi connectivity index (χ0) is 17.6. The molecule has 0 spiro atoms. The number of carbonyl (C=O) groups is 2. The Labute approximate surface area is 144 Å². The molecule has 8 heteroatoms. The summed E-state index contributed by atoms with van der Waals surface area (Å²) in [6.07, 6.45) is 4.09. The molecule has 2 heterocycles. The topological polar surface area (TPSA) is 114 Å². The van der Waals surface area contributed by atoms with Gasteiger partial charge in [-0.05, 0) is 48.4 Å². The first-order valence-corrected chi connectivity index (χ1v) is 7.82. The predicted octanol–water partition coefficient (Wildman–Crippen LogP) is 0.485. The molecular weight excluding hydrogens is 320 g/mol. The first-order valence-electron chi connectivity index (χ1n) is 7.82. The number of carbonyl (C=O) groups excluding carboxylic acids is 2. The lowest BCUT2D eigenvalue weighted by molar-refractivity contribution is -0.136. The van der Waals surface area contributed by atoms with Crippen LogP contribution < -0.4 is 16.4 Å². The lowest BCUT2D eigenvalue weighted by Gasteiger charge is -2.08. The number of nitrogens with zero attached hydrogens (tertiary/aromatic N) is 3. The van der Waals surface area contributed by atoms with E-state index in [4.69, 9.17) is 5.73 Å². The number of aromatic nitrogens is 3. The smallest absolute Gasteiger partial charge is 0.313 e. The van der Waals surface area contributed by atoms with Crippen molar-refractivity contribution in [2.24, 2.45) is 5.73 Å². The molecule has 25 heavy (non-hydrogen) atoms. The van der Waals surface area contributed by atoms with Gasteiger partial charge in [0.15, 0.2) is 5.65 Å². The van der Waals surface area contributed by atoms with E-state index in [1.807, 2.05) is 18.2 Å². The van der Waals surface area contributed by atoms with E-state index < -0.39 is 11.8 Å². The van der Waals surface area contributed by atoms with Crippen molar-refractivity contribution in [2.75, 3.05) is 11.9 Å². The number of amides is 2. The molecule has 3 rings (SSSR count). The van der Waals surface area contributed by atoms with Crippen LogP contribution in [0, 0.1) is 0 Å². The molecule has 0 aliphatic carbocycles. The Morgan fingerprint density at radius 3 is 2.84 bits per heavy atom. The number of hydrogen-bond acceptors (Lipinski definition) is 5. The minimum Gasteiger partial charge on any atom is -0.344 e. The number of fused-ring (bicyclic) bond motifs is 1. The summed E-state index contributed by atoms with van der Waals surface area (Å²) in [5.41, 5.74) is 8.59. The Hall–Kier alpha value is -3.26. The Balaban J connectivity index is 1.57. The molecule has 0 radical (unpaired) electrons. The molecule has 0 unspecified atom stereocenters. The minimum absolute atomic E-state index is 0.225. The molecular formula is C17H18N6O2. The second-order valence-electron chi connectivity index (χ2n) is 5.51. The Bertz CT molecular complexity index is 905. The zero-order valence-electron chi connectivity index (χ0n) is 13.5. The monoisotopic (exact) mass is 338 g/mol. The molecule has 8 nitrogen and oxygen atoms in total. The van der Waals surface area contributed by atoms with E-state index in [-0.39, 0.29) is 6.54 Å². The van der Waals surface area contributed by atoms with Gasteiger partial charge < -0.3 is 16.4 Å². The third kappa shape index (κ3) is 4.18. The molecule has 0 fully saturated rings. The van der Waals surface area contributed by atoms with Gasteiger partial charge in [-0.2, -0.15) is 0 Å². The van der Waals surface area contributed by atoms with Crippen molar-refractivity contribution in [2.45, 2.75) is 13.0 Å². The van der Waals surface area contributed by atoms with Crippen LogP contribution >= 0.6 is 0 Å². The Morgan fingerprint density at radius 2 is 2.00 bits per heavy atom. The van der Waals surface area contributed by atoms with Crippen LogP contribution in [0.25, 0.3) is 5.65 Å². The van der Waals surface area contributed by atoms with Crippen LogP contribution in [-0.2, 0) is 22.6 Å². The molecule has 0 aliphatic rings. The summed E-state index contributed by atoms with van der Waals surface area (Å²) in [7, 11) is 0. The van der Waals surface area contributed by atoms with E-state index in [0.717, 1.165) is 11.1 Å². The van der Waals surface area contributed by atoms with Gasteiger partial charge in [-0.15, -0.1) is 10.2 Å². The lowest BCUT2D eigenvalue weighted by atomic mass is 10.1. The quantitative estimate of drug-likeness (QED) is 0.586. The highest BCUT2D eigenvalue weighted by Gasteiger charge is 2.13. The van der Waals surface area contributed by atoms with E-state index in [2.05, 4.69) is 20.8 Å². The summed E-state index contributed by atoms with van der Waals surface area (Å²) in [4.78, 5) is 24.0. The molecule has 128 valence electrons. The van der Waals surface area contributed by atoms with Gasteiger partial charge in [-0.25, -0.2) is 0 Å². The fourth-order valence-electron chi connectivity index (χ4n) is 2.39. The van der Waals surface area contributed by atoms with Crippen LogP contribution in [0.5, 0.6) is 0 Å². The van der Waals surface area contributed by atoms with Crippen LogP contribution in [0.15, 0.2) is 48.9 Å². The highest BCUT2D eigenvalue weighted by Crippen LogP contribution is 2.11. The minimum atomic E-state index is -0.714. The van der Waals surface area contributed by atoms with Crippen LogP contribution in [0.2, 0.25) is 0 Å². The van der Waals surface area contributed by atoms with Crippen LogP contribution in [0.4, 0.5) is 5.69 Å². The van der Waals surface area contributed by atoms with Gasteiger partial charge in [0.25, 0.3) is 0 Å². The number of anilines is 1. The van der Waals surface area contributed by atoms with Crippen LogP contribution in [0.3, 0.4) is 0 Å². The normalized spacial score (nSPS) is 10.6. The number of pyridine rings is 1. The molecule has 3 aromatic rings. The fourth-order valence-corrected chi connectivity index (χ4v) is 2.39. The maximum Gasteiger partial charge on any atom is 0.313 e. The summed E-state index contributed by atoms with van der Waals surface area (Å²) in [6.45, 7) is 0.747. The van der Waals surface area contributed by atoms with E-state index in [0.29, 0.717) is 24.3 Å². The van der Waals surface area contributed by atoms with Crippen molar-refractivity contribution in [3.63, 3.8) is 0 Å². The van der Waals surface area contributed by atoms with Crippen molar-refractivity contribution < 1.29 is 9.59 Å². The highest BCUT2D eigenvalue weighted by molar-refractivity contribution is 6.39. The molecule has 2 amide bonds. The summed E-state index contributed by atoms with van der Waals surface area (Å²) in [5.74, 6) is -1.42. The summed E-state index contributed by atoms with van der Waals surface area (Å²) >= 11 is 0. The van der Waals surface area contributed by atoms with Crippen molar-refractivity contribution >= 4 is 23.1 Å². The van der Waals surface area contributed by atoms with Crippen molar-refractivity contribution in [3.8, 4) is 0 Å². The number of nitrogens with one attached hydrogen (secondary N) is 2. The van der Waals surface area contributed by atoms with Crippen molar-refractivity contribution in [1.29, 1.82) is 0 Å². The second-order valence-corrected chi connectivity index (χ2v) is 5.51. The molecule has 0 saturated carbocycles. The molecule has 0 bridgehead atoms. The number of rotatable bonds is 5. The highest BCUT2D eigenvalue weighted by atomic mass is 16.2. The van der Waals surface area contributed by atoms with E-state index >= 15 is 0 Å². The van der Waals surface area contributed by atoms with E-state index in [9.17, 15) is 9.59 Å². The van der Waals surface area contributed by atoms with Crippen LogP contribution in [0.1, 0.15) is 11.1 Å². The summed E-state index contributed by atoms with van der Waals surface area (Å²) in [5, 5.41) is 12.9. The van der Waals surface area contributed by atoms with Gasteiger partial charge in [-0.3, -0.25) is 14.0 Å². The van der Waals surface area contributed by atoms with E-state index in [1.54, 1.807) is 35.1 Å². The lowest BCUT2D eigenvalue weighted by Crippen LogP contribution is -2.35. The number of hydrogen-bond donors (Lipinski definition) is 3. The maximum atomic E-state index is 12.0. The largest absolute Gasteiger partial charge is 0.344 e. The number of nitrogens with two attached hydrogens (primary N) is 1. The molecule has 0 aliphatic heterocycles. The fraction of sp³-hybridized carbons (Fsp3) is 0.176. The Kier molecular flexibility index (Phi) is 5.00. The van der Waals surface area contributed by atoms with Gasteiger partial charge in [0, 0.05) is 18.4 Å². The second kappa shape index (κ2) is 7.54. The van der Waals surface area contributed by atoms with Crippen LogP contribution in [-0.4, -0.2) is 33.0 Å². The SMILES string of the molecule is NCCc1cccc(NC(=O)C(=O)NCc2ccn3cnnc3c2)c1. The van der Waals surface area contributed by atoms with Gasteiger partial charge >= 0.3 is 11.8 Å². The van der Waals surface area contributed by atoms with Crippen molar-refractivity contribution in [1.82, 2.24) is 19.9 Å². The van der Waals surface area contributed by atoms with Gasteiger partial charge in [0.2, 0.25) is 0 Å². The predicted molar refractivity (Wildman–Crippen MR) is 92.7 cm³/mol. The Morgan fingerprint density at radius 1 is 1.12 bits per heavy atom. The standard InChI is InChI=1S/C17H18N6O2/c18-6-4-12-2-1-3-14(8-12)21-17(25)16(24)19-10-13-5-7-23-11-20-22-15(23)9-13/h1-3,5,7-9,11H,4,6,10,18H2,(H,19,24)(H,21,25). The molecule has 1 aromatic carbocycles. The average Bonchev–Trinajstić information content (AvgIpc) is 3.08. The summed E-state index contributed by atoms with van der Waals surface area (Å²) in [6, 6.07) is 10.9. The zero-order valence-corrected chi connectivity index (χ0v) is 13.5. The van der Waals surface area contributed by atoms with Gasteiger partial charge in [-0.1, -0.05) is 12.1 Å². The summed E-state index contributed by atoms with van der Waals surface area (Å²) < 4.78 is 1.76. The average molecular weight is 338 g/mol. The number of benzene rings is 1. The van der Waals surface area contributed by atoms with Gasteiger partial charge in [0.1, 0.15) is 6.33 Å². The third-order valence-corrected chi connectivity index (χ3v) is 3.64. The van der Waals surface area contributed by atoms with E-state index in [1.165, 1.54) is 0 Å². The van der Waals surface area contributed by atoms with Gasteiger partial charge in [0.05, 0.1) is 0 Å². The molecule has 4 N–H and O–H groups in total. The maximum absolute atomic E-state index is 12.0.